The van der Waals surface area contributed by atoms with Crippen LogP contribution in [-0.2, 0) is 11.3 Å². The normalized spacial score (nSPS) is 15.3. The van der Waals surface area contributed by atoms with Crippen molar-refractivity contribution in [3.8, 4) is 11.1 Å². The first-order chi connectivity index (χ1) is 14.8. The molecule has 3 aromatic rings. The van der Waals surface area contributed by atoms with Gasteiger partial charge in [-0.15, -0.1) is 11.3 Å². The lowest BCUT2D eigenvalue weighted by atomic mass is 9.98. The van der Waals surface area contributed by atoms with Crippen molar-refractivity contribution >= 4 is 27.5 Å². The molecule has 1 aliphatic rings. The molecule has 0 saturated carbocycles. The molecule has 0 unspecified atom stereocenters. The van der Waals surface area contributed by atoms with Crippen molar-refractivity contribution in [1.29, 1.82) is 0 Å². The number of hydrogen-bond donors (Lipinski definition) is 1. The molecule has 0 bridgehead atoms. The Labute approximate surface area is 184 Å². The van der Waals surface area contributed by atoms with E-state index in [2.05, 4.69) is 29.0 Å². The summed E-state index contributed by atoms with van der Waals surface area (Å²) in [6.45, 7) is 6.81. The lowest BCUT2D eigenvalue weighted by Crippen LogP contribution is -2.53. The Kier molecular flexibility index (Phi) is 6.20. The second-order valence-corrected chi connectivity index (χ2v) is 9.51. The van der Waals surface area contributed by atoms with E-state index in [1.807, 2.05) is 5.38 Å². The zero-order chi connectivity index (χ0) is 22.0. The minimum Gasteiger partial charge on any atom is -0.353 e. The molecule has 1 fully saturated rings. The van der Waals surface area contributed by atoms with Crippen LogP contribution < -0.4 is 10.9 Å². The minimum absolute atomic E-state index is 0.0867. The predicted molar refractivity (Wildman–Crippen MR) is 122 cm³/mol. The van der Waals surface area contributed by atoms with Crippen LogP contribution in [-0.4, -0.2) is 45.5 Å². The first-order valence-corrected chi connectivity index (χ1v) is 11.5. The SMILES string of the molecule is CC(C)(CNC(=O)Cn1cnc2scc(-c3ccc(F)cc3)c2c1=O)N1CCCCC1. The van der Waals surface area contributed by atoms with Crippen molar-refractivity contribution in [2.45, 2.75) is 45.2 Å². The molecule has 1 aliphatic heterocycles. The van der Waals surface area contributed by atoms with Crippen molar-refractivity contribution in [3.05, 3.63) is 52.1 Å². The maximum Gasteiger partial charge on any atom is 0.263 e. The number of benzene rings is 1. The minimum atomic E-state index is -0.331. The first-order valence-electron chi connectivity index (χ1n) is 10.6. The van der Waals surface area contributed by atoms with Crippen molar-refractivity contribution in [3.63, 3.8) is 0 Å². The van der Waals surface area contributed by atoms with E-state index in [9.17, 15) is 14.0 Å². The van der Waals surface area contributed by atoms with E-state index in [4.69, 9.17) is 0 Å². The number of nitrogens with one attached hydrogen (secondary N) is 1. The van der Waals surface area contributed by atoms with Gasteiger partial charge < -0.3 is 5.32 Å². The monoisotopic (exact) mass is 442 g/mol. The maximum atomic E-state index is 13.3. The molecule has 1 amide bonds. The molecular weight excluding hydrogens is 415 g/mol. The summed E-state index contributed by atoms with van der Waals surface area (Å²) in [4.78, 5) is 33.1. The van der Waals surface area contributed by atoms with Gasteiger partial charge in [-0.05, 0) is 57.5 Å². The van der Waals surface area contributed by atoms with E-state index in [1.165, 1.54) is 53.6 Å². The Balaban J connectivity index is 1.50. The highest BCUT2D eigenvalue weighted by Gasteiger charge is 2.28. The third-order valence-electron chi connectivity index (χ3n) is 5.96. The van der Waals surface area contributed by atoms with Crippen molar-refractivity contribution in [1.82, 2.24) is 19.8 Å². The number of fused-ring (bicyclic) bond motifs is 1. The average Bonchev–Trinajstić information content (AvgIpc) is 3.20. The van der Waals surface area contributed by atoms with Crippen LogP contribution in [0.15, 0.2) is 40.8 Å². The molecule has 1 N–H and O–H groups in total. The summed E-state index contributed by atoms with van der Waals surface area (Å²) in [7, 11) is 0. The third-order valence-corrected chi connectivity index (χ3v) is 6.85. The average molecular weight is 443 g/mol. The van der Waals surface area contributed by atoms with Crippen LogP contribution in [0.2, 0.25) is 0 Å². The summed E-state index contributed by atoms with van der Waals surface area (Å²) >= 11 is 1.36. The number of carbonyl (C=O) groups is 1. The van der Waals surface area contributed by atoms with Gasteiger partial charge in [-0.25, -0.2) is 9.37 Å². The van der Waals surface area contributed by atoms with Crippen molar-refractivity contribution in [2.75, 3.05) is 19.6 Å². The molecule has 0 spiro atoms. The number of halogens is 1. The molecule has 164 valence electrons. The summed E-state index contributed by atoms with van der Waals surface area (Å²) in [5, 5.41) is 5.29. The Hall–Kier alpha value is -2.58. The molecule has 31 heavy (non-hydrogen) atoms. The second kappa shape index (κ2) is 8.88. The van der Waals surface area contributed by atoms with E-state index in [1.54, 1.807) is 12.1 Å². The van der Waals surface area contributed by atoms with Crippen molar-refractivity contribution < 1.29 is 9.18 Å². The molecular formula is C23H27FN4O2S. The van der Waals surface area contributed by atoms with Gasteiger partial charge in [-0.3, -0.25) is 19.1 Å². The predicted octanol–water partition coefficient (Wildman–Crippen LogP) is 3.64. The quantitative estimate of drug-likeness (QED) is 0.633. The van der Waals surface area contributed by atoms with Gasteiger partial charge >= 0.3 is 0 Å². The second-order valence-electron chi connectivity index (χ2n) is 8.65. The third kappa shape index (κ3) is 4.70. The maximum absolute atomic E-state index is 13.3. The topological polar surface area (TPSA) is 67.2 Å². The summed E-state index contributed by atoms with van der Waals surface area (Å²) in [5.74, 6) is -0.546. The fraction of sp³-hybridized carbons (Fsp3) is 0.435. The number of aromatic nitrogens is 2. The molecule has 4 rings (SSSR count). The smallest absolute Gasteiger partial charge is 0.263 e. The summed E-state index contributed by atoms with van der Waals surface area (Å²) in [6, 6.07) is 6.02. The highest BCUT2D eigenvalue weighted by atomic mass is 32.1. The fourth-order valence-electron chi connectivity index (χ4n) is 4.06. The number of hydrogen-bond acceptors (Lipinski definition) is 5. The molecule has 1 aromatic carbocycles. The molecule has 3 heterocycles. The highest BCUT2D eigenvalue weighted by molar-refractivity contribution is 7.17. The lowest BCUT2D eigenvalue weighted by molar-refractivity contribution is -0.122. The van der Waals surface area contributed by atoms with E-state index in [0.717, 1.165) is 18.7 Å². The zero-order valence-electron chi connectivity index (χ0n) is 17.9. The Bertz CT molecular complexity index is 1130. The van der Waals surface area contributed by atoms with Gasteiger partial charge in [0.15, 0.2) is 0 Å². The molecule has 2 aromatic heterocycles. The molecule has 6 nitrogen and oxygen atoms in total. The van der Waals surface area contributed by atoms with E-state index >= 15 is 0 Å². The number of piperidine rings is 1. The van der Waals surface area contributed by atoms with Crippen LogP contribution in [0.25, 0.3) is 21.3 Å². The largest absolute Gasteiger partial charge is 0.353 e. The Morgan fingerprint density at radius 3 is 2.61 bits per heavy atom. The highest BCUT2D eigenvalue weighted by Crippen LogP contribution is 2.30. The Morgan fingerprint density at radius 1 is 1.19 bits per heavy atom. The molecule has 1 saturated heterocycles. The number of amides is 1. The van der Waals surface area contributed by atoms with Gasteiger partial charge in [0.05, 0.1) is 11.7 Å². The number of carbonyl (C=O) groups excluding carboxylic acids is 1. The number of rotatable bonds is 6. The molecule has 0 atom stereocenters. The van der Waals surface area contributed by atoms with Gasteiger partial charge in [0.1, 0.15) is 17.2 Å². The summed E-state index contributed by atoms with van der Waals surface area (Å²) in [6.07, 6.45) is 5.07. The van der Waals surface area contributed by atoms with Crippen LogP contribution >= 0.6 is 11.3 Å². The molecule has 0 radical (unpaired) electrons. The molecule has 8 heteroatoms. The van der Waals surface area contributed by atoms with Crippen LogP contribution in [0.5, 0.6) is 0 Å². The lowest BCUT2D eigenvalue weighted by Gasteiger charge is -2.41. The molecule has 0 aliphatic carbocycles. The van der Waals surface area contributed by atoms with Gasteiger partial charge in [0.25, 0.3) is 5.56 Å². The summed E-state index contributed by atoms with van der Waals surface area (Å²) in [5.41, 5.74) is 1.05. The van der Waals surface area contributed by atoms with Crippen LogP contribution in [0, 0.1) is 5.82 Å². The van der Waals surface area contributed by atoms with E-state index in [0.29, 0.717) is 22.3 Å². The number of thiophene rings is 1. The van der Waals surface area contributed by atoms with Crippen LogP contribution in [0.4, 0.5) is 4.39 Å². The van der Waals surface area contributed by atoms with Gasteiger partial charge in [0.2, 0.25) is 5.91 Å². The first kappa shape index (κ1) is 21.6. The van der Waals surface area contributed by atoms with Gasteiger partial charge in [-0.2, -0.15) is 0 Å². The van der Waals surface area contributed by atoms with Crippen LogP contribution in [0.3, 0.4) is 0 Å². The van der Waals surface area contributed by atoms with Crippen LogP contribution in [0.1, 0.15) is 33.1 Å². The fourth-order valence-corrected chi connectivity index (χ4v) is 4.97. The van der Waals surface area contributed by atoms with E-state index < -0.39 is 0 Å². The number of nitrogens with zero attached hydrogens (tertiary/aromatic N) is 3. The van der Waals surface area contributed by atoms with Crippen molar-refractivity contribution in [2.24, 2.45) is 0 Å². The van der Waals surface area contributed by atoms with Gasteiger partial charge in [-0.1, -0.05) is 18.6 Å². The number of likely N-dealkylation sites (tertiary alicyclic amines) is 1. The summed E-state index contributed by atoms with van der Waals surface area (Å²) < 4.78 is 14.6. The standard InChI is InChI=1S/C23H27FN4O2S/c1-23(2,28-10-4-3-5-11-28)14-25-19(29)12-27-15-26-21-20(22(27)30)18(13-31-21)16-6-8-17(24)9-7-16/h6-9,13,15H,3-5,10-12,14H2,1-2H3,(H,25,29). The Morgan fingerprint density at radius 2 is 1.90 bits per heavy atom. The van der Waals surface area contributed by atoms with E-state index in [-0.39, 0.29) is 29.4 Å². The zero-order valence-corrected chi connectivity index (χ0v) is 18.7. The van der Waals surface area contributed by atoms with Gasteiger partial charge in [0, 0.05) is 23.0 Å².